The maximum absolute atomic E-state index is 13.5. The van der Waals surface area contributed by atoms with E-state index in [4.69, 9.17) is 10.5 Å². The van der Waals surface area contributed by atoms with Crippen LogP contribution in [-0.2, 0) is 13.2 Å². The first-order valence-corrected chi connectivity index (χ1v) is 5.75. The lowest BCUT2D eigenvalue weighted by atomic mass is 10.3. The topological polar surface area (TPSA) is 66.0 Å². The minimum Gasteiger partial charge on any atom is -0.483 e. The van der Waals surface area contributed by atoms with Crippen LogP contribution in [0.3, 0.4) is 0 Å². The summed E-state index contributed by atoms with van der Waals surface area (Å²) in [7, 11) is 0. The maximum Gasteiger partial charge on any atom is 0.167 e. The number of nitrogens with zero attached hydrogens (tertiary/aromatic N) is 3. The molecule has 0 saturated carbocycles. The third-order valence-electron chi connectivity index (χ3n) is 2.44. The molecule has 0 aliphatic heterocycles. The van der Waals surface area contributed by atoms with E-state index in [0.29, 0.717) is 11.5 Å². The van der Waals surface area contributed by atoms with Crippen molar-refractivity contribution in [3.05, 3.63) is 36.2 Å². The fourth-order valence-electron chi connectivity index (χ4n) is 1.57. The zero-order valence-electron chi connectivity index (χ0n) is 10.1. The molecule has 1 aromatic heterocycles. The lowest BCUT2D eigenvalue weighted by Crippen LogP contribution is -2.09. The fourth-order valence-corrected chi connectivity index (χ4v) is 1.57. The molecule has 0 unspecified atom stereocenters. The number of hydrogen-bond acceptors (Lipinski definition) is 4. The summed E-state index contributed by atoms with van der Waals surface area (Å²) in [5.74, 6) is 0.361. The molecule has 0 bridgehead atoms. The van der Waals surface area contributed by atoms with Gasteiger partial charge in [-0.1, -0.05) is 6.92 Å². The van der Waals surface area contributed by atoms with Crippen LogP contribution in [0.2, 0.25) is 0 Å². The van der Waals surface area contributed by atoms with E-state index in [1.807, 2.05) is 6.92 Å². The van der Waals surface area contributed by atoms with Gasteiger partial charge in [-0.25, -0.2) is 14.1 Å². The predicted molar refractivity (Wildman–Crippen MR) is 65.5 cm³/mol. The number of rotatable bonds is 5. The van der Waals surface area contributed by atoms with Crippen LogP contribution in [0.15, 0.2) is 24.5 Å². The Bertz CT molecular complexity index is 527. The molecule has 0 fully saturated rings. The van der Waals surface area contributed by atoms with E-state index in [0.717, 1.165) is 13.0 Å². The highest BCUT2D eigenvalue weighted by atomic mass is 19.1. The zero-order valence-corrected chi connectivity index (χ0v) is 10.1. The van der Waals surface area contributed by atoms with E-state index in [1.165, 1.54) is 18.5 Å². The fraction of sp³-hybridized carbons (Fsp3) is 0.333. The molecule has 96 valence electrons. The first-order valence-electron chi connectivity index (χ1n) is 5.75. The van der Waals surface area contributed by atoms with Crippen molar-refractivity contribution in [3.8, 4) is 5.75 Å². The van der Waals surface area contributed by atoms with Crippen LogP contribution in [-0.4, -0.2) is 14.8 Å². The Morgan fingerprint density at radius 2 is 2.28 bits per heavy atom. The van der Waals surface area contributed by atoms with Gasteiger partial charge in [0.25, 0.3) is 0 Å². The molecule has 0 radical (unpaired) electrons. The summed E-state index contributed by atoms with van der Waals surface area (Å²) in [5, 5.41) is 4.07. The van der Waals surface area contributed by atoms with Gasteiger partial charge in [-0.15, -0.1) is 0 Å². The van der Waals surface area contributed by atoms with Crippen molar-refractivity contribution < 1.29 is 9.13 Å². The van der Waals surface area contributed by atoms with Crippen LogP contribution < -0.4 is 10.5 Å². The second-order valence-electron chi connectivity index (χ2n) is 3.88. The number of anilines is 1. The number of nitrogens with two attached hydrogens (primary N) is 1. The van der Waals surface area contributed by atoms with Crippen molar-refractivity contribution in [2.45, 2.75) is 26.5 Å². The van der Waals surface area contributed by atoms with Crippen LogP contribution >= 0.6 is 0 Å². The lowest BCUT2D eigenvalue weighted by molar-refractivity contribution is 0.272. The molecule has 1 aromatic carbocycles. The van der Waals surface area contributed by atoms with Crippen LogP contribution in [0, 0.1) is 5.82 Å². The number of halogens is 1. The molecule has 2 aromatic rings. The first kappa shape index (κ1) is 12.3. The van der Waals surface area contributed by atoms with Crippen molar-refractivity contribution >= 4 is 5.69 Å². The Morgan fingerprint density at radius 3 is 3.00 bits per heavy atom. The Kier molecular flexibility index (Phi) is 3.76. The highest BCUT2D eigenvalue weighted by molar-refractivity contribution is 5.42. The monoisotopic (exact) mass is 250 g/mol. The van der Waals surface area contributed by atoms with E-state index in [2.05, 4.69) is 10.1 Å². The van der Waals surface area contributed by atoms with Gasteiger partial charge in [0.15, 0.2) is 17.4 Å². The number of hydrogen-bond donors (Lipinski definition) is 1. The van der Waals surface area contributed by atoms with Crippen molar-refractivity contribution in [1.29, 1.82) is 0 Å². The van der Waals surface area contributed by atoms with Crippen LogP contribution in [0.5, 0.6) is 5.75 Å². The van der Waals surface area contributed by atoms with Gasteiger partial charge >= 0.3 is 0 Å². The van der Waals surface area contributed by atoms with E-state index in [1.54, 1.807) is 10.7 Å². The Labute approximate surface area is 104 Å². The molecule has 0 aliphatic rings. The highest BCUT2D eigenvalue weighted by Crippen LogP contribution is 2.20. The van der Waals surface area contributed by atoms with E-state index < -0.39 is 5.82 Å². The second kappa shape index (κ2) is 5.48. The van der Waals surface area contributed by atoms with Crippen LogP contribution in [0.4, 0.5) is 10.1 Å². The molecule has 5 nitrogen and oxygen atoms in total. The minimum atomic E-state index is -0.475. The summed E-state index contributed by atoms with van der Waals surface area (Å²) >= 11 is 0. The molecule has 2 N–H and O–H groups in total. The molecule has 0 spiro atoms. The Morgan fingerprint density at radius 1 is 1.44 bits per heavy atom. The number of nitrogen functional groups attached to an aromatic ring is 1. The standard InChI is InChI=1S/C12H15FN4O/c1-2-5-17-12(15-8-16-17)7-18-11-4-3-9(14)6-10(11)13/h3-4,6,8H,2,5,7,14H2,1H3. The van der Waals surface area contributed by atoms with Crippen LogP contribution in [0.25, 0.3) is 0 Å². The third-order valence-corrected chi connectivity index (χ3v) is 2.44. The molecule has 0 aliphatic carbocycles. The summed E-state index contributed by atoms with van der Waals surface area (Å²) < 4.78 is 20.6. The summed E-state index contributed by atoms with van der Waals surface area (Å²) in [6, 6.07) is 4.33. The van der Waals surface area contributed by atoms with E-state index >= 15 is 0 Å². The van der Waals surface area contributed by atoms with Gasteiger partial charge in [-0.2, -0.15) is 5.10 Å². The van der Waals surface area contributed by atoms with Crippen molar-refractivity contribution in [1.82, 2.24) is 14.8 Å². The molecule has 6 heteroatoms. The molecular formula is C12H15FN4O. The molecule has 0 atom stereocenters. The molecule has 0 amide bonds. The van der Waals surface area contributed by atoms with Gasteiger partial charge in [-0.05, 0) is 18.6 Å². The molecule has 0 saturated heterocycles. The Hall–Kier alpha value is -2.11. The SMILES string of the molecule is CCCn1ncnc1COc1ccc(N)cc1F. The lowest BCUT2D eigenvalue weighted by Gasteiger charge is -2.08. The summed E-state index contributed by atoms with van der Waals surface area (Å²) in [5.41, 5.74) is 5.83. The Balaban J connectivity index is 2.04. The molecule has 18 heavy (non-hydrogen) atoms. The average molecular weight is 250 g/mol. The van der Waals surface area contributed by atoms with Crippen molar-refractivity contribution in [3.63, 3.8) is 0 Å². The van der Waals surface area contributed by atoms with Gasteiger partial charge in [0.2, 0.25) is 0 Å². The van der Waals surface area contributed by atoms with E-state index in [-0.39, 0.29) is 12.4 Å². The number of aryl methyl sites for hydroxylation is 1. The maximum atomic E-state index is 13.5. The average Bonchev–Trinajstić information content (AvgIpc) is 2.76. The quantitative estimate of drug-likeness (QED) is 0.824. The second-order valence-corrected chi connectivity index (χ2v) is 3.88. The summed E-state index contributed by atoms with van der Waals surface area (Å²) in [4.78, 5) is 4.08. The van der Waals surface area contributed by atoms with E-state index in [9.17, 15) is 4.39 Å². The van der Waals surface area contributed by atoms with Crippen LogP contribution in [0.1, 0.15) is 19.2 Å². The largest absolute Gasteiger partial charge is 0.483 e. The zero-order chi connectivity index (χ0) is 13.0. The molecular weight excluding hydrogens is 235 g/mol. The third kappa shape index (κ3) is 2.77. The number of ether oxygens (including phenoxy) is 1. The first-order chi connectivity index (χ1) is 8.70. The number of aromatic nitrogens is 3. The number of benzene rings is 1. The van der Waals surface area contributed by atoms with Gasteiger partial charge in [0, 0.05) is 18.3 Å². The van der Waals surface area contributed by atoms with Gasteiger partial charge in [-0.3, -0.25) is 0 Å². The highest BCUT2D eigenvalue weighted by Gasteiger charge is 2.07. The van der Waals surface area contributed by atoms with Crippen molar-refractivity contribution in [2.75, 3.05) is 5.73 Å². The molecule has 1 heterocycles. The molecule has 2 rings (SSSR count). The van der Waals surface area contributed by atoms with Gasteiger partial charge < -0.3 is 10.5 Å². The summed E-state index contributed by atoms with van der Waals surface area (Å²) in [6.45, 7) is 3.00. The van der Waals surface area contributed by atoms with Crippen molar-refractivity contribution in [2.24, 2.45) is 0 Å². The predicted octanol–water partition coefficient (Wildman–Crippen LogP) is 1.99. The van der Waals surface area contributed by atoms with Gasteiger partial charge in [0.05, 0.1) is 0 Å². The smallest absolute Gasteiger partial charge is 0.167 e. The van der Waals surface area contributed by atoms with Gasteiger partial charge in [0.1, 0.15) is 12.9 Å². The normalized spacial score (nSPS) is 10.6. The summed E-state index contributed by atoms with van der Waals surface area (Å²) in [6.07, 6.45) is 2.42. The minimum absolute atomic E-state index is 0.162.